The van der Waals surface area contributed by atoms with Gasteiger partial charge in [0.1, 0.15) is 0 Å². The Morgan fingerprint density at radius 1 is 1.31 bits per heavy atom. The number of aliphatic hydroxyl groups is 2. The lowest BCUT2D eigenvalue weighted by molar-refractivity contribution is 0.145. The van der Waals surface area contributed by atoms with Gasteiger partial charge in [0.05, 0.1) is 12.7 Å². The molecule has 0 saturated carbocycles. The smallest absolute Gasteiger partial charge is 0.0716 e. The van der Waals surface area contributed by atoms with Crippen molar-refractivity contribution in [3.8, 4) is 0 Å². The molecule has 1 aliphatic heterocycles. The molecule has 1 aliphatic rings. The zero-order chi connectivity index (χ0) is 11.5. The number of nitrogens with zero attached hydrogens (tertiary/aromatic N) is 1. The lowest BCUT2D eigenvalue weighted by Gasteiger charge is -2.32. The van der Waals surface area contributed by atoms with E-state index in [1.54, 1.807) is 6.07 Å². The van der Waals surface area contributed by atoms with Gasteiger partial charge < -0.3 is 15.1 Å². The van der Waals surface area contributed by atoms with E-state index in [1.807, 2.05) is 12.1 Å². The maximum atomic E-state index is 9.45. The van der Waals surface area contributed by atoms with Gasteiger partial charge in [0.25, 0.3) is 0 Å². The fourth-order valence-corrected chi connectivity index (χ4v) is 2.34. The first-order chi connectivity index (χ1) is 7.72. The highest BCUT2D eigenvalue weighted by molar-refractivity contribution is 6.31. The number of halogens is 1. The van der Waals surface area contributed by atoms with E-state index >= 15 is 0 Å². The summed E-state index contributed by atoms with van der Waals surface area (Å²) in [6.07, 6.45) is 1.36. The molecule has 0 radical (unpaired) electrons. The Labute approximate surface area is 100 Å². The van der Waals surface area contributed by atoms with E-state index in [-0.39, 0.29) is 12.7 Å². The quantitative estimate of drug-likeness (QED) is 0.830. The number of hydrogen-bond acceptors (Lipinski definition) is 3. The number of benzene rings is 1. The average molecular weight is 242 g/mol. The molecule has 88 valence electrons. The van der Waals surface area contributed by atoms with Crippen molar-refractivity contribution in [2.24, 2.45) is 0 Å². The minimum atomic E-state index is -0.187. The summed E-state index contributed by atoms with van der Waals surface area (Å²) in [6.45, 7) is 1.58. The van der Waals surface area contributed by atoms with Crippen LogP contribution in [0.4, 0.5) is 5.69 Å². The average Bonchev–Trinajstić information content (AvgIpc) is 2.30. The second-order valence-corrected chi connectivity index (χ2v) is 4.52. The maximum Gasteiger partial charge on any atom is 0.0716 e. The van der Waals surface area contributed by atoms with Crippen molar-refractivity contribution in [1.29, 1.82) is 0 Å². The SMILES string of the molecule is OCc1c(Cl)cccc1N1CCC(O)CC1. The van der Waals surface area contributed by atoms with Crippen LogP contribution in [0.1, 0.15) is 18.4 Å². The van der Waals surface area contributed by atoms with Crippen molar-refractivity contribution in [1.82, 2.24) is 0 Å². The summed E-state index contributed by atoms with van der Waals surface area (Å²) in [6, 6.07) is 5.65. The van der Waals surface area contributed by atoms with Crippen LogP contribution in [0.15, 0.2) is 18.2 Å². The van der Waals surface area contributed by atoms with Gasteiger partial charge in [-0.15, -0.1) is 0 Å². The summed E-state index contributed by atoms with van der Waals surface area (Å²) in [5.74, 6) is 0. The van der Waals surface area contributed by atoms with Crippen LogP contribution in [0.3, 0.4) is 0 Å². The molecule has 1 aromatic rings. The summed E-state index contributed by atoms with van der Waals surface area (Å²) < 4.78 is 0. The van der Waals surface area contributed by atoms with Crippen molar-refractivity contribution in [3.05, 3.63) is 28.8 Å². The Hall–Kier alpha value is -0.770. The Kier molecular flexibility index (Phi) is 3.69. The predicted octanol–water partition coefficient (Wildman–Crippen LogP) is 1.79. The van der Waals surface area contributed by atoms with Crippen molar-refractivity contribution in [3.63, 3.8) is 0 Å². The topological polar surface area (TPSA) is 43.7 Å². The minimum absolute atomic E-state index is 0.0476. The van der Waals surface area contributed by atoms with Gasteiger partial charge in [-0.3, -0.25) is 0 Å². The second kappa shape index (κ2) is 5.04. The number of hydrogen-bond donors (Lipinski definition) is 2. The second-order valence-electron chi connectivity index (χ2n) is 4.11. The molecule has 0 spiro atoms. The van der Waals surface area contributed by atoms with Crippen molar-refractivity contribution in [2.45, 2.75) is 25.6 Å². The van der Waals surface area contributed by atoms with Crippen LogP contribution in [0.2, 0.25) is 5.02 Å². The summed E-state index contributed by atoms with van der Waals surface area (Å²) in [5, 5.41) is 19.4. The van der Waals surface area contributed by atoms with E-state index in [2.05, 4.69) is 4.90 Å². The van der Waals surface area contributed by atoms with Crippen molar-refractivity contribution >= 4 is 17.3 Å². The third-order valence-electron chi connectivity index (χ3n) is 3.06. The maximum absolute atomic E-state index is 9.45. The first-order valence-electron chi connectivity index (χ1n) is 5.53. The van der Waals surface area contributed by atoms with Crippen molar-refractivity contribution in [2.75, 3.05) is 18.0 Å². The monoisotopic (exact) mass is 241 g/mol. The molecule has 1 saturated heterocycles. The molecule has 0 bridgehead atoms. The van der Waals surface area contributed by atoms with Crippen LogP contribution in [0.25, 0.3) is 0 Å². The van der Waals surface area contributed by atoms with E-state index in [0.717, 1.165) is 37.2 Å². The highest BCUT2D eigenvalue weighted by Crippen LogP contribution is 2.29. The molecule has 1 aromatic carbocycles. The molecule has 0 unspecified atom stereocenters. The molecule has 16 heavy (non-hydrogen) atoms. The van der Waals surface area contributed by atoms with E-state index in [4.69, 9.17) is 11.6 Å². The summed E-state index contributed by atoms with van der Waals surface area (Å²) in [5.41, 5.74) is 1.77. The zero-order valence-electron chi connectivity index (χ0n) is 9.06. The molecule has 0 aliphatic carbocycles. The largest absolute Gasteiger partial charge is 0.393 e. The third-order valence-corrected chi connectivity index (χ3v) is 3.41. The van der Waals surface area contributed by atoms with Gasteiger partial charge in [-0.2, -0.15) is 0 Å². The van der Waals surface area contributed by atoms with Gasteiger partial charge in [0, 0.05) is 29.4 Å². The molecular formula is C12H16ClNO2. The highest BCUT2D eigenvalue weighted by Gasteiger charge is 2.19. The van der Waals surface area contributed by atoms with Crippen molar-refractivity contribution < 1.29 is 10.2 Å². The number of piperidine rings is 1. The van der Waals surface area contributed by atoms with Crippen LogP contribution < -0.4 is 4.90 Å². The third kappa shape index (κ3) is 2.32. The zero-order valence-corrected chi connectivity index (χ0v) is 9.82. The van der Waals surface area contributed by atoms with Crippen LogP contribution >= 0.6 is 11.6 Å². The summed E-state index contributed by atoms with van der Waals surface area (Å²) >= 11 is 6.04. The van der Waals surface area contributed by atoms with Gasteiger partial charge >= 0.3 is 0 Å². The van der Waals surface area contributed by atoms with Crippen LogP contribution in [-0.2, 0) is 6.61 Å². The van der Waals surface area contributed by atoms with E-state index in [0.29, 0.717) is 5.02 Å². The molecule has 2 N–H and O–H groups in total. The Balaban J connectivity index is 2.23. The molecule has 0 aromatic heterocycles. The molecular weight excluding hydrogens is 226 g/mol. The Bertz CT molecular complexity index is 362. The molecule has 1 heterocycles. The minimum Gasteiger partial charge on any atom is -0.393 e. The Morgan fingerprint density at radius 3 is 2.62 bits per heavy atom. The molecule has 0 amide bonds. The first-order valence-corrected chi connectivity index (χ1v) is 5.91. The van der Waals surface area contributed by atoms with E-state index in [9.17, 15) is 10.2 Å². The lowest BCUT2D eigenvalue weighted by Crippen LogP contribution is -2.36. The van der Waals surface area contributed by atoms with Gasteiger partial charge in [0.15, 0.2) is 0 Å². The summed E-state index contributed by atoms with van der Waals surface area (Å²) in [4.78, 5) is 2.17. The first kappa shape index (κ1) is 11.7. The van der Waals surface area contributed by atoms with Gasteiger partial charge in [-0.05, 0) is 25.0 Å². The highest BCUT2D eigenvalue weighted by atomic mass is 35.5. The number of anilines is 1. The molecule has 0 atom stereocenters. The normalized spacial score (nSPS) is 17.8. The van der Waals surface area contributed by atoms with Crippen LogP contribution in [0, 0.1) is 0 Å². The van der Waals surface area contributed by atoms with E-state index < -0.39 is 0 Å². The fourth-order valence-electron chi connectivity index (χ4n) is 2.11. The lowest BCUT2D eigenvalue weighted by atomic mass is 10.1. The van der Waals surface area contributed by atoms with Gasteiger partial charge in [-0.25, -0.2) is 0 Å². The predicted molar refractivity (Wildman–Crippen MR) is 64.8 cm³/mol. The fraction of sp³-hybridized carbons (Fsp3) is 0.500. The van der Waals surface area contributed by atoms with E-state index in [1.165, 1.54) is 0 Å². The Morgan fingerprint density at radius 2 is 2.00 bits per heavy atom. The van der Waals surface area contributed by atoms with Gasteiger partial charge in [0.2, 0.25) is 0 Å². The molecule has 3 nitrogen and oxygen atoms in total. The van der Waals surface area contributed by atoms with Crippen LogP contribution in [-0.4, -0.2) is 29.4 Å². The standard InChI is InChI=1S/C12H16ClNO2/c13-11-2-1-3-12(10(11)8-15)14-6-4-9(16)5-7-14/h1-3,9,15-16H,4-8H2. The van der Waals surface area contributed by atoms with Crippen LogP contribution in [0.5, 0.6) is 0 Å². The van der Waals surface area contributed by atoms with Gasteiger partial charge in [-0.1, -0.05) is 17.7 Å². The summed E-state index contributed by atoms with van der Waals surface area (Å²) in [7, 11) is 0. The number of rotatable bonds is 2. The molecule has 2 rings (SSSR count). The molecule has 4 heteroatoms. The molecule has 1 fully saturated rings. The number of aliphatic hydroxyl groups excluding tert-OH is 2.